The lowest BCUT2D eigenvalue weighted by molar-refractivity contribution is -0.167. The molecule has 6 heteroatoms. The van der Waals surface area contributed by atoms with Crippen molar-refractivity contribution in [1.29, 1.82) is 0 Å². The zero-order chi connectivity index (χ0) is 48.1. The van der Waals surface area contributed by atoms with E-state index in [1.807, 2.05) is 0 Å². The van der Waals surface area contributed by atoms with Gasteiger partial charge in [0.25, 0.3) is 0 Å². The number of unbranched alkanes of at least 4 members (excludes halogenated alkanes) is 41. The van der Waals surface area contributed by atoms with Gasteiger partial charge in [-0.25, -0.2) is 0 Å². The third kappa shape index (κ3) is 51.8. The first kappa shape index (κ1) is 64.4. The lowest BCUT2D eigenvalue weighted by atomic mass is 9.99. The summed E-state index contributed by atoms with van der Waals surface area (Å²) in [6, 6.07) is 0. The molecule has 0 aliphatic rings. The molecule has 0 heterocycles. The molecule has 1 unspecified atom stereocenters. The van der Waals surface area contributed by atoms with Crippen LogP contribution in [0, 0.1) is 5.92 Å². The lowest BCUT2D eigenvalue weighted by Crippen LogP contribution is -2.30. The third-order valence-electron chi connectivity index (χ3n) is 14.2. The fourth-order valence-corrected chi connectivity index (χ4v) is 9.25. The van der Waals surface area contributed by atoms with Gasteiger partial charge >= 0.3 is 17.9 Å². The molecule has 0 radical (unpaired) electrons. The molecule has 0 aromatic heterocycles. The standard InChI is InChI=1S/C60H116O6/c1-5-8-10-12-14-16-17-18-19-22-26-29-32-36-39-43-47-51-58(61)64-54-57(66-60(63)53-49-45-41-34-15-13-11-9-6-2)55-65-59(62)52-48-44-40-37-33-30-27-24-21-20-23-25-28-31-35-38-42-46-50-56(4)7-3/h56-57H,5-55H2,1-4H3/t56?,57-/m1/s1. The van der Waals surface area contributed by atoms with Crippen molar-refractivity contribution >= 4 is 17.9 Å². The molecule has 0 saturated carbocycles. The average molecular weight is 934 g/mol. The van der Waals surface area contributed by atoms with Crippen molar-refractivity contribution in [2.24, 2.45) is 5.92 Å². The van der Waals surface area contributed by atoms with Gasteiger partial charge in [-0.2, -0.15) is 0 Å². The first-order chi connectivity index (χ1) is 32.4. The van der Waals surface area contributed by atoms with Crippen molar-refractivity contribution < 1.29 is 28.6 Å². The molecule has 0 rings (SSSR count). The number of carbonyl (C=O) groups excluding carboxylic acids is 3. The van der Waals surface area contributed by atoms with Crippen LogP contribution in [0.3, 0.4) is 0 Å². The van der Waals surface area contributed by atoms with Crippen LogP contribution in [0.5, 0.6) is 0 Å². The molecule has 0 aliphatic carbocycles. The van der Waals surface area contributed by atoms with Gasteiger partial charge in [-0.3, -0.25) is 14.4 Å². The summed E-state index contributed by atoms with van der Waals surface area (Å²) in [5.41, 5.74) is 0. The summed E-state index contributed by atoms with van der Waals surface area (Å²) in [5, 5.41) is 0. The van der Waals surface area contributed by atoms with E-state index in [0.29, 0.717) is 19.3 Å². The minimum Gasteiger partial charge on any atom is -0.462 e. The zero-order valence-electron chi connectivity index (χ0n) is 45.2. The minimum atomic E-state index is -0.761. The van der Waals surface area contributed by atoms with Crippen LogP contribution < -0.4 is 0 Å². The van der Waals surface area contributed by atoms with Gasteiger partial charge in [0.2, 0.25) is 0 Å². The van der Waals surface area contributed by atoms with E-state index in [4.69, 9.17) is 14.2 Å². The van der Waals surface area contributed by atoms with E-state index in [9.17, 15) is 14.4 Å². The maximum absolute atomic E-state index is 12.8. The van der Waals surface area contributed by atoms with Crippen LogP contribution in [0.1, 0.15) is 342 Å². The Morgan fingerprint density at radius 3 is 0.788 bits per heavy atom. The molecular formula is C60H116O6. The van der Waals surface area contributed by atoms with Gasteiger partial charge in [0.05, 0.1) is 0 Å². The summed E-state index contributed by atoms with van der Waals surface area (Å²) in [6.07, 6.45) is 59.6. The van der Waals surface area contributed by atoms with E-state index in [2.05, 4.69) is 27.7 Å². The highest BCUT2D eigenvalue weighted by atomic mass is 16.6. The molecule has 0 fully saturated rings. The Morgan fingerprint density at radius 1 is 0.303 bits per heavy atom. The number of ether oxygens (including phenoxy) is 3. The summed E-state index contributed by atoms with van der Waals surface area (Å²) >= 11 is 0. The molecule has 392 valence electrons. The Bertz CT molecular complexity index is 998. The molecule has 0 aliphatic heterocycles. The Balaban J connectivity index is 4.14. The second kappa shape index (κ2) is 54.4. The van der Waals surface area contributed by atoms with Gasteiger partial charge < -0.3 is 14.2 Å². The van der Waals surface area contributed by atoms with E-state index in [-0.39, 0.29) is 31.1 Å². The topological polar surface area (TPSA) is 78.9 Å². The molecule has 0 bridgehead atoms. The van der Waals surface area contributed by atoms with Crippen LogP contribution >= 0.6 is 0 Å². The van der Waals surface area contributed by atoms with Gasteiger partial charge in [0.15, 0.2) is 6.10 Å². The van der Waals surface area contributed by atoms with E-state index in [0.717, 1.165) is 63.7 Å². The first-order valence-corrected chi connectivity index (χ1v) is 29.9. The summed E-state index contributed by atoms with van der Waals surface area (Å²) in [7, 11) is 0. The highest BCUT2D eigenvalue weighted by molar-refractivity contribution is 5.71. The van der Waals surface area contributed by atoms with Gasteiger partial charge in [-0.1, -0.05) is 304 Å². The number of hydrogen-bond acceptors (Lipinski definition) is 6. The average Bonchev–Trinajstić information content (AvgIpc) is 3.32. The monoisotopic (exact) mass is 933 g/mol. The highest BCUT2D eigenvalue weighted by Crippen LogP contribution is 2.19. The van der Waals surface area contributed by atoms with Crippen LogP contribution in [-0.4, -0.2) is 37.2 Å². The predicted octanol–water partition coefficient (Wildman–Crippen LogP) is 19.8. The van der Waals surface area contributed by atoms with Gasteiger partial charge in [-0.15, -0.1) is 0 Å². The van der Waals surface area contributed by atoms with E-state index >= 15 is 0 Å². The van der Waals surface area contributed by atoms with E-state index < -0.39 is 6.10 Å². The third-order valence-corrected chi connectivity index (χ3v) is 14.2. The molecule has 0 spiro atoms. The molecule has 0 amide bonds. The van der Waals surface area contributed by atoms with Crippen LogP contribution in [0.4, 0.5) is 0 Å². The Labute approximate surface area is 412 Å². The number of hydrogen-bond donors (Lipinski definition) is 0. The predicted molar refractivity (Wildman–Crippen MR) is 284 cm³/mol. The Morgan fingerprint density at radius 2 is 0.530 bits per heavy atom. The summed E-state index contributed by atoms with van der Waals surface area (Å²) in [5.74, 6) is 0.0727. The van der Waals surface area contributed by atoms with Crippen LogP contribution in [0.25, 0.3) is 0 Å². The van der Waals surface area contributed by atoms with Crippen LogP contribution in [0.15, 0.2) is 0 Å². The molecule has 0 saturated heterocycles. The van der Waals surface area contributed by atoms with Crippen LogP contribution in [0.2, 0.25) is 0 Å². The largest absolute Gasteiger partial charge is 0.462 e. The maximum Gasteiger partial charge on any atom is 0.306 e. The van der Waals surface area contributed by atoms with Crippen LogP contribution in [-0.2, 0) is 28.6 Å². The summed E-state index contributed by atoms with van der Waals surface area (Å²) < 4.78 is 16.9. The van der Waals surface area contributed by atoms with Crippen molar-refractivity contribution in [2.75, 3.05) is 13.2 Å². The van der Waals surface area contributed by atoms with Crippen molar-refractivity contribution in [3.8, 4) is 0 Å². The maximum atomic E-state index is 12.8. The quantitative estimate of drug-likeness (QED) is 0.0343. The van der Waals surface area contributed by atoms with E-state index in [1.165, 1.54) is 238 Å². The molecule has 0 N–H and O–H groups in total. The summed E-state index contributed by atoms with van der Waals surface area (Å²) in [4.78, 5) is 38.1. The molecule has 0 aromatic rings. The van der Waals surface area contributed by atoms with Gasteiger partial charge in [0.1, 0.15) is 13.2 Å². The van der Waals surface area contributed by atoms with Gasteiger partial charge in [-0.05, 0) is 25.2 Å². The smallest absolute Gasteiger partial charge is 0.306 e. The molecule has 6 nitrogen and oxygen atoms in total. The molecule has 66 heavy (non-hydrogen) atoms. The molecule has 2 atom stereocenters. The lowest BCUT2D eigenvalue weighted by Gasteiger charge is -2.18. The first-order valence-electron chi connectivity index (χ1n) is 29.9. The fraction of sp³-hybridized carbons (Fsp3) is 0.950. The number of esters is 3. The fourth-order valence-electron chi connectivity index (χ4n) is 9.25. The number of carbonyl (C=O) groups is 3. The van der Waals surface area contributed by atoms with E-state index in [1.54, 1.807) is 0 Å². The highest BCUT2D eigenvalue weighted by Gasteiger charge is 2.19. The Kier molecular flexibility index (Phi) is 53.0. The zero-order valence-corrected chi connectivity index (χ0v) is 45.2. The Hall–Kier alpha value is -1.59. The second-order valence-corrected chi connectivity index (χ2v) is 20.9. The minimum absolute atomic E-state index is 0.0620. The SMILES string of the molecule is CCCCCCCCCCCCCCCCCCCC(=O)OC[C@H](COC(=O)CCCCCCCCCCCCCCCCCCCCC(C)CC)OC(=O)CCCCCCCCCCC. The summed E-state index contributed by atoms with van der Waals surface area (Å²) in [6.45, 7) is 9.09. The van der Waals surface area contributed by atoms with Gasteiger partial charge in [0, 0.05) is 19.3 Å². The molecule has 0 aromatic carbocycles. The second-order valence-electron chi connectivity index (χ2n) is 20.9. The van der Waals surface area contributed by atoms with Crippen molar-refractivity contribution in [3.63, 3.8) is 0 Å². The number of rotatable bonds is 55. The van der Waals surface area contributed by atoms with Crippen molar-refractivity contribution in [3.05, 3.63) is 0 Å². The normalized spacial score (nSPS) is 12.4. The van der Waals surface area contributed by atoms with Crippen molar-refractivity contribution in [2.45, 2.75) is 348 Å². The molecular weight excluding hydrogens is 817 g/mol. The van der Waals surface area contributed by atoms with Crippen molar-refractivity contribution in [1.82, 2.24) is 0 Å².